The van der Waals surface area contributed by atoms with Crippen LogP contribution in [0.25, 0.3) is 28.2 Å². The first-order chi connectivity index (χ1) is 14.8. The van der Waals surface area contributed by atoms with Gasteiger partial charge in [0, 0.05) is 23.5 Å². The fourth-order valence-electron chi connectivity index (χ4n) is 3.47. The molecule has 146 valence electrons. The summed E-state index contributed by atoms with van der Waals surface area (Å²) in [6.07, 6.45) is 3.57. The summed E-state index contributed by atoms with van der Waals surface area (Å²) in [4.78, 5) is 9.21. The maximum absolute atomic E-state index is 6.49. The largest absolute Gasteiger partial charge is 0.489 e. The lowest BCUT2D eigenvalue weighted by Gasteiger charge is -2.08. The first-order valence-corrected chi connectivity index (χ1v) is 10.0. The number of hydrogen-bond donors (Lipinski definition) is 0. The molecule has 0 aliphatic heterocycles. The second-order valence-electron chi connectivity index (χ2n) is 6.89. The average Bonchev–Trinajstić information content (AvgIpc) is 3.20. The summed E-state index contributed by atoms with van der Waals surface area (Å²) in [7, 11) is 0. The third kappa shape index (κ3) is 3.53. The molecule has 0 amide bonds. The topological polar surface area (TPSA) is 39.4 Å². The minimum absolute atomic E-state index is 0.415. The highest BCUT2D eigenvalue weighted by Crippen LogP contribution is 2.34. The molecule has 0 N–H and O–H groups in total. The molecule has 0 spiro atoms. The molecular weight excluding hydrogens is 394 g/mol. The van der Waals surface area contributed by atoms with Crippen molar-refractivity contribution >= 4 is 17.1 Å². The molecule has 0 bridgehead atoms. The van der Waals surface area contributed by atoms with Gasteiger partial charge in [0.15, 0.2) is 5.15 Å². The van der Waals surface area contributed by atoms with Crippen molar-refractivity contribution in [3.8, 4) is 28.4 Å². The molecule has 0 unspecified atom stereocenters. The smallest absolute Gasteiger partial charge is 0.155 e. The molecule has 0 saturated carbocycles. The Morgan fingerprint density at radius 1 is 0.833 bits per heavy atom. The van der Waals surface area contributed by atoms with Gasteiger partial charge in [-0.2, -0.15) is 0 Å². The molecule has 5 rings (SSSR count). The lowest BCUT2D eigenvalue weighted by Crippen LogP contribution is -1.95. The summed E-state index contributed by atoms with van der Waals surface area (Å²) < 4.78 is 7.99. The zero-order valence-electron chi connectivity index (χ0n) is 16.1. The van der Waals surface area contributed by atoms with Crippen molar-refractivity contribution in [3.63, 3.8) is 0 Å². The Morgan fingerprint density at radius 3 is 2.37 bits per heavy atom. The molecule has 2 heterocycles. The van der Waals surface area contributed by atoms with Gasteiger partial charge in [-0.15, -0.1) is 0 Å². The number of aromatic nitrogens is 3. The monoisotopic (exact) mass is 411 g/mol. The predicted molar refractivity (Wildman–Crippen MR) is 120 cm³/mol. The summed E-state index contributed by atoms with van der Waals surface area (Å²) in [5, 5.41) is 0.415. The van der Waals surface area contributed by atoms with Crippen LogP contribution in [0.3, 0.4) is 0 Å². The van der Waals surface area contributed by atoms with Gasteiger partial charge in [0.05, 0.1) is 0 Å². The molecule has 30 heavy (non-hydrogen) atoms. The van der Waals surface area contributed by atoms with Crippen molar-refractivity contribution in [2.45, 2.75) is 6.61 Å². The number of ether oxygens (including phenoxy) is 1. The number of hydrogen-bond acceptors (Lipinski definition) is 3. The highest BCUT2D eigenvalue weighted by Gasteiger charge is 2.17. The zero-order valence-corrected chi connectivity index (χ0v) is 16.8. The summed E-state index contributed by atoms with van der Waals surface area (Å²) in [5.74, 6) is 1.60. The fraction of sp³-hybridized carbons (Fsp3) is 0.0400. The number of imidazole rings is 1. The van der Waals surface area contributed by atoms with E-state index in [4.69, 9.17) is 21.3 Å². The van der Waals surface area contributed by atoms with Crippen molar-refractivity contribution < 1.29 is 4.74 Å². The van der Waals surface area contributed by atoms with Gasteiger partial charge >= 0.3 is 0 Å². The number of nitrogens with zero attached hydrogens (tertiary/aromatic N) is 3. The van der Waals surface area contributed by atoms with Gasteiger partial charge in [-0.1, -0.05) is 84.4 Å². The second kappa shape index (κ2) is 8.01. The molecular formula is C25H18ClN3O. The van der Waals surface area contributed by atoms with E-state index in [0.717, 1.165) is 39.5 Å². The van der Waals surface area contributed by atoms with Gasteiger partial charge in [-0.05, 0) is 17.7 Å². The van der Waals surface area contributed by atoms with E-state index in [0.29, 0.717) is 11.8 Å². The Bertz CT molecular complexity index is 1300. The van der Waals surface area contributed by atoms with Crippen molar-refractivity contribution in [3.05, 3.63) is 108 Å². The van der Waals surface area contributed by atoms with E-state index in [1.54, 1.807) is 6.20 Å². The third-order valence-corrected chi connectivity index (χ3v) is 5.17. The van der Waals surface area contributed by atoms with Gasteiger partial charge in [0.2, 0.25) is 0 Å². The number of halogens is 1. The van der Waals surface area contributed by atoms with E-state index >= 15 is 0 Å². The van der Waals surface area contributed by atoms with Crippen LogP contribution < -0.4 is 4.74 Å². The predicted octanol–water partition coefficient (Wildman–Crippen LogP) is 6.30. The van der Waals surface area contributed by atoms with Gasteiger partial charge in [-0.25, -0.2) is 9.97 Å². The summed E-state index contributed by atoms with van der Waals surface area (Å²) in [6.45, 7) is 0.506. The first kappa shape index (κ1) is 18.4. The van der Waals surface area contributed by atoms with Crippen LogP contribution in [0.15, 0.2) is 97.3 Å². The van der Waals surface area contributed by atoms with E-state index in [-0.39, 0.29) is 0 Å². The van der Waals surface area contributed by atoms with Crippen LogP contribution in [0.4, 0.5) is 0 Å². The number of rotatable bonds is 5. The van der Waals surface area contributed by atoms with Crippen molar-refractivity contribution in [1.29, 1.82) is 0 Å². The molecule has 5 aromatic rings. The van der Waals surface area contributed by atoms with E-state index in [1.807, 2.05) is 95.5 Å². The molecule has 0 saturated heterocycles. The maximum Gasteiger partial charge on any atom is 0.155 e. The second-order valence-corrected chi connectivity index (χ2v) is 7.25. The quantitative estimate of drug-likeness (QED) is 0.341. The highest BCUT2D eigenvalue weighted by atomic mass is 35.5. The molecule has 0 atom stereocenters. The molecule has 3 aromatic carbocycles. The lowest BCUT2D eigenvalue weighted by atomic mass is 10.1. The molecule has 0 fully saturated rings. The van der Waals surface area contributed by atoms with Gasteiger partial charge in [0.25, 0.3) is 0 Å². The van der Waals surface area contributed by atoms with E-state index in [1.165, 1.54) is 0 Å². The number of benzene rings is 3. The molecule has 0 radical (unpaired) electrons. The molecule has 5 heteroatoms. The Morgan fingerprint density at radius 2 is 1.57 bits per heavy atom. The van der Waals surface area contributed by atoms with Crippen LogP contribution in [0.2, 0.25) is 5.15 Å². The Labute approximate surface area is 179 Å². The van der Waals surface area contributed by atoms with E-state index in [2.05, 4.69) is 4.98 Å². The maximum atomic E-state index is 6.49. The lowest BCUT2D eigenvalue weighted by molar-refractivity contribution is 0.306. The van der Waals surface area contributed by atoms with Gasteiger partial charge in [-0.3, -0.25) is 4.40 Å². The van der Waals surface area contributed by atoms with Gasteiger partial charge in [0.1, 0.15) is 29.4 Å². The first-order valence-electron chi connectivity index (χ1n) is 9.65. The van der Waals surface area contributed by atoms with Crippen LogP contribution in [0, 0.1) is 0 Å². The van der Waals surface area contributed by atoms with Crippen LogP contribution >= 0.6 is 11.6 Å². The third-order valence-electron chi connectivity index (χ3n) is 4.90. The average molecular weight is 412 g/mol. The Hall–Kier alpha value is -3.63. The fourth-order valence-corrected chi connectivity index (χ4v) is 3.70. The normalized spacial score (nSPS) is 11.0. The van der Waals surface area contributed by atoms with Crippen molar-refractivity contribution in [1.82, 2.24) is 14.4 Å². The standard InChI is InChI=1S/C25H18ClN3O/c26-24-23-22(28-25(29(23)15-14-27-24)19-10-5-2-6-11-19)20-12-7-13-21(16-20)30-17-18-8-3-1-4-9-18/h1-16H,17H2. The SMILES string of the molecule is Clc1nccn2c(-c3ccccc3)nc(-c3cccc(OCc4ccccc4)c3)c12. The molecule has 4 nitrogen and oxygen atoms in total. The minimum Gasteiger partial charge on any atom is -0.489 e. The number of fused-ring (bicyclic) bond motifs is 1. The van der Waals surface area contributed by atoms with Gasteiger partial charge < -0.3 is 4.74 Å². The van der Waals surface area contributed by atoms with Crippen LogP contribution in [0.1, 0.15) is 5.56 Å². The minimum atomic E-state index is 0.415. The summed E-state index contributed by atoms with van der Waals surface area (Å²) in [6, 6.07) is 28.1. The summed E-state index contributed by atoms with van der Waals surface area (Å²) >= 11 is 6.49. The van der Waals surface area contributed by atoms with Crippen LogP contribution in [-0.4, -0.2) is 14.4 Å². The van der Waals surface area contributed by atoms with Crippen LogP contribution in [-0.2, 0) is 6.61 Å². The zero-order chi connectivity index (χ0) is 20.3. The van der Waals surface area contributed by atoms with Crippen molar-refractivity contribution in [2.75, 3.05) is 0 Å². The Kier molecular flexibility index (Phi) is 4.91. The molecule has 0 aliphatic rings. The molecule has 0 aliphatic carbocycles. The summed E-state index contributed by atoms with van der Waals surface area (Å²) in [5.41, 5.74) is 4.61. The van der Waals surface area contributed by atoms with E-state index < -0.39 is 0 Å². The van der Waals surface area contributed by atoms with E-state index in [9.17, 15) is 0 Å². The van der Waals surface area contributed by atoms with Crippen molar-refractivity contribution in [2.24, 2.45) is 0 Å². The van der Waals surface area contributed by atoms with Crippen LogP contribution in [0.5, 0.6) is 5.75 Å². The highest BCUT2D eigenvalue weighted by molar-refractivity contribution is 6.33. The molecule has 2 aromatic heterocycles. The Balaban J connectivity index is 1.57.